The van der Waals surface area contributed by atoms with Crippen LogP contribution in [0.3, 0.4) is 0 Å². The van der Waals surface area contributed by atoms with E-state index in [4.69, 9.17) is 4.74 Å². The van der Waals surface area contributed by atoms with Gasteiger partial charge in [-0.1, -0.05) is 24.3 Å². The topological polar surface area (TPSA) is 35.9 Å². The molecule has 0 spiro atoms. The van der Waals surface area contributed by atoms with Crippen molar-refractivity contribution >= 4 is 24.8 Å². The highest BCUT2D eigenvalue weighted by Crippen LogP contribution is 2.19. The van der Waals surface area contributed by atoms with Crippen LogP contribution in [0, 0.1) is 0 Å². The van der Waals surface area contributed by atoms with Gasteiger partial charge in [0.05, 0.1) is 0 Å². The summed E-state index contributed by atoms with van der Waals surface area (Å²) in [6.07, 6.45) is 2.19. The number of hydrogen-bond donors (Lipinski definition) is 1. The van der Waals surface area contributed by atoms with Crippen LogP contribution in [0.25, 0.3) is 0 Å². The van der Waals surface area contributed by atoms with E-state index in [1.165, 1.54) is 0 Å². The predicted molar refractivity (Wildman–Crippen MR) is 100 cm³/mol. The van der Waals surface area contributed by atoms with E-state index in [0.717, 1.165) is 43.9 Å². The molecule has 1 unspecified atom stereocenters. The van der Waals surface area contributed by atoms with Crippen molar-refractivity contribution in [1.82, 2.24) is 9.80 Å². The number of aliphatic hydroxyl groups excluding tert-OH is 1. The van der Waals surface area contributed by atoms with Crippen LogP contribution in [-0.2, 0) is 6.42 Å². The first-order valence-corrected chi connectivity index (χ1v) is 7.59. The zero-order valence-corrected chi connectivity index (χ0v) is 15.3. The minimum Gasteiger partial charge on any atom is -0.491 e. The first-order chi connectivity index (χ1) is 10.2. The van der Waals surface area contributed by atoms with E-state index >= 15 is 0 Å². The van der Waals surface area contributed by atoms with E-state index in [1.54, 1.807) is 0 Å². The first-order valence-electron chi connectivity index (χ1n) is 7.59. The Hall–Kier alpha value is -0.780. The Balaban J connectivity index is 0.00000242. The lowest BCUT2D eigenvalue weighted by Gasteiger charge is -2.33. The van der Waals surface area contributed by atoms with Crippen molar-refractivity contribution in [2.24, 2.45) is 0 Å². The van der Waals surface area contributed by atoms with Crippen LogP contribution in [-0.4, -0.2) is 67.4 Å². The van der Waals surface area contributed by atoms with Gasteiger partial charge in [0.1, 0.15) is 18.5 Å². The lowest BCUT2D eigenvalue weighted by atomic mass is 10.1. The first kappa shape index (κ1) is 22.2. The summed E-state index contributed by atoms with van der Waals surface area (Å²) in [6, 6.07) is 7.92. The number of ether oxygens (including phenoxy) is 1. The molecule has 1 N–H and O–H groups in total. The van der Waals surface area contributed by atoms with E-state index in [9.17, 15) is 5.11 Å². The molecule has 1 aromatic carbocycles. The van der Waals surface area contributed by atoms with E-state index in [1.807, 2.05) is 30.3 Å². The van der Waals surface area contributed by atoms with Crippen LogP contribution < -0.4 is 4.74 Å². The van der Waals surface area contributed by atoms with Crippen molar-refractivity contribution in [3.8, 4) is 5.75 Å². The third-order valence-corrected chi connectivity index (χ3v) is 3.83. The lowest BCUT2D eigenvalue weighted by molar-refractivity contribution is 0.0503. The van der Waals surface area contributed by atoms with Gasteiger partial charge >= 0.3 is 0 Å². The molecule has 1 saturated heterocycles. The second-order valence-corrected chi connectivity index (χ2v) is 5.67. The van der Waals surface area contributed by atoms with Gasteiger partial charge in [0.15, 0.2) is 0 Å². The molecule has 0 amide bonds. The van der Waals surface area contributed by atoms with Gasteiger partial charge in [-0.05, 0) is 25.1 Å². The fourth-order valence-electron chi connectivity index (χ4n) is 2.54. The van der Waals surface area contributed by atoms with Crippen molar-refractivity contribution in [2.45, 2.75) is 12.5 Å². The maximum Gasteiger partial charge on any atom is 0.122 e. The van der Waals surface area contributed by atoms with Crippen molar-refractivity contribution in [3.05, 3.63) is 42.5 Å². The van der Waals surface area contributed by atoms with Gasteiger partial charge in [-0.15, -0.1) is 31.4 Å². The smallest absolute Gasteiger partial charge is 0.122 e. The van der Waals surface area contributed by atoms with Gasteiger partial charge < -0.3 is 14.7 Å². The molecule has 1 atom stereocenters. The Morgan fingerprint density at radius 3 is 2.52 bits per heavy atom. The van der Waals surface area contributed by atoms with E-state index in [0.29, 0.717) is 13.2 Å². The fraction of sp³-hybridized carbons (Fsp3) is 0.529. The Morgan fingerprint density at radius 1 is 1.22 bits per heavy atom. The van der Waals surface area contributed by atoms with Crippen LogP contribution in [0.5, 0.6) is 5.75 Å². The molecule has 1 aromatic rings. The molecule has 0 bridgehead atoms. The molecule has 23 heavy (non-hydrogen) atoms. The Labute approximate surface area is 151 Å². The minimum atomic E-state index is -0.454. The Morgan fingerprint density at radius 2 is 1.87 bits per heavy atom. The molecule has 0 radical (unpaired) electrons. The SMILES string of the molecule is C=CCc1ccccc1OCC(O)CN1CCN(C)CC1.Cl.Cl. The van der Waals surface area contributed by atoms with E-state index < -0.39 is 6.10 Å². The van der Waals surface area contributed by atoms with Gasteiger partial charge in [-0.25, -0.2) is 0 Å². The predicted octanol–water partition coefficient (Wildman–Crippen LogP) is 2.25. The number of aliphatic hydroxyl groups is 1. The summed E-state index contributed by atoms with van der Waals surface area (Å²) in [6.45, 7) is 8.93. The molecule has 4 nitrogen and oxygen atoms in total. The highest BCUT2D eigenvalue weighted by Gasteiger charge is 2.17. The molecule has 132 valence electrons. The van der Waals surface area contributed by atoms with Crippen LogP contribution in [0.2, 0.25) is 0 Å². The summed E-state index contributed by atoms with van der Waals surface area (Å²) in [5.74, 6) is 0.842. The summed E-state index contributed by atoms with van der Waals surface area (Å²) in [7, 11) is 2.13. The largest absolute Gasteiger partial charge is 0.491 e. The quantitative estimate of drug-likeness (QED) is 0.754. The third kappa shape index (κ3) is 7.55. The number of allylic oxidation sites excluding steroid dienone is 1. The molecular weight excluding hydrogens is 335 g/mol. The monoisotopic (exact) mass is 362 g/mol. The van der Waals surface area contributed by atoms with Crippen LogP contribution in [0.4, 0.5) is 0 Å². The number of rotatable bonds is 7. The second kappa shape index (κ2) is 11.7. The number of nitrogens with zero attached hydrogens (tertiary/aromatic N) is 2. The average Bonchev–Trinajstić information content (AvgIpc) is 2.49. The summed E-state index contributed by atoms with van der Waals surface area (Å²) in [4.78, 5) is 4.61. The Kier molecular flexibility index (Phi) is 11.3. The van der Waals surface area contributed by atoms with Gasteiger partial charge in [0, 0.05) is 32.7 Å². The van der Waals surface area contributed by atoms with Gasteiger partial charge in [0.2, 0.25) is 0 Å². The number of halogens is 2. The summed E-state index contributed by atoms with van der Waals surface area (Å²) in [5.41, 5.74) is 1.11. The standard InChI is InChI=1S/C17H26N2O2.2ClH/c1-3-6-15-7-4-5-8-17(15)21-14-16(20)13-19-11-9-18(2)10-12-19;;/h3-5,7-8,16,20H,1,6,9-14H2,2H3;2*1H. The van der Waals surface area contributed by atoms with E-state index in [-0.39, 0.29) is 24.8 Å². The average molecular weight is 363 g/mol. The van der Waals surface area contributed by atoms with Gasteiger partial charge in [-0.2, -0.15) is 0 Å². The van der Waals surface area contributed by atoms with Crippen molar-refractivity contribution < 1.29 is 9.84 Å². The summed E-state index contributed by atoms with van der Waals surface area (Å²) < 4.78 is 5.78. The molecule has 2 rings (SSSR count). The fourth-order valence-corrected chi connectivity index (χ4v) is 2.54. The molecule has 0 aliphatic carbocycles. The number of piperazine rings is 1. The number of β-amino-alcohol motifs (C(OH)–C–C–N with tert-alkyl or cyclic N) is 1. The maximum atomic E-state index is 10.1. The van der Waals surface area contributed by atoms with Crippen molar-refractivity contribution in [2.75, 3.05) is 46.4 Å². The third-order valence-electron chi connectivity index (χ3n) is 3.83. The molecule has 1 fully saturated rings. The lowest BCUT2D eigenvalue weighted by Crippen LogP contribution is -2.47. The Bertz CT molecular complexity index is 452. The number of benzene rings is 1. The van der Waals surface area contributed by atoms with Crippen LogP contribution in [0.15, 0.2) is 36.9 Å². The molecule has 1 aliphatic heterocycles. The summed E-state index contributed by atoms with van der Waals surface area (Å²) >= 11 is 0. The molecule has 1 heterocycles. The molecule has 0 saturated carbocycles. The number of likely N-dealkylation sites (N-methyl/N-ethyl adjacent to an activating group) is 1. The van der Waals surface area contributed by atoms with Crippen LogP contribution in [0.1, 0.15) is 5.56 Å². The van der Waals surface area contributed by atoms with Gasteiger partial charge in [0.25, 0.3) is 0 Å². The molecular formula is C17H28Cl2N2O2. The zero-order chi connectivity index (χ0) is 15.1. The molecule has 6 heteroatoms. The highest BCUT2D eigenvalue weighted by atomic mass is 35.5. The second-order valence-electron chi connectivity index (χ2n) is 5.67. The number of para-hydroxylation sites is 1. The highest BCUT2D eigenvalue weighted by molar-refractivity contribution is 5.85. The normalized spacial score (nSPS) is 16.8. The zero-order valence-electron chi connectivity index (χ0n) is 13.7. The van der Waals surface area contributed by atoms with Gasteiger partial charge in [-0.3, -0.25) is 4.90 Å². The van der Waals surface area contributed by atoms with E-state index in [2.05, 4.69) is 23.4 Å². The minimum absolute atomic E-state index is 0. The maximum absolute atomic E-state index is 10.1. The van der Waals surface area contributed by atoms with Crippen molar-refractivity contribution in [1.29, 1.82) is 0 Å². The molecule has 0 aromatic heterocycles. The number of hydrogen-bond acceptors (Lipinski definition) is 4. The van der Waals surface area contributed by atoms with Crippen molar-refractivity contribution in [3.63, 3.8) is 0 Å². The summed E-state index contributed by atoms with van der Waals surface area (Å²) in [5, 5.41) is 10.1. The molecule has 1 aliphatic rings. The van der Waals surface area contributed by atoms with Crippen LogP contribution >= 0.6 is 24.8 Å².